The molecule has 0 amide bonds. The Bertz CT molecular complexity index is 429. The van der Waals surface area contributed by atoms with E-state index in [0.717, 1.165) is 25.6 Å². The minimum absolute atomic E-state index is 0.242. The number of halogens is 2. The van der Waals surface area contributed by atoms with Gasteiger partial charge in [-0.25, -0.2) is 8.78 Å². The van der Waals surface area contributed by atoms with Gasteiger partial charge >= 0.3 is 0 Å². The van der Waals surface area contributed by atoms with Gasteiger partial charge in [0.25, 0.3) is 0 Å². The molecule has 3 nitrogen and oxygen atoms in total. The van der Waals surface area contributed by atoms with Crippen molar-refractivity contribution in [3.8, 4) is 0 Å². The van der Waals surface area contributed by atoms with E-state index in [0.29, 0.717) is 19.1 Å². The second-order valence-electron chi connectivity index (χ2n) is 5.32. The quantitative estimate of drug-likeness (QED) is 0.761. The molecule has 1 rings (SSSR count). The van der Waals surface area contributed by atoms with Crippen molar-refractivity contribution in [1.82, 2.24) is 4.90 Å². The van der Waals surface area contributed by atoms with E-state index in [1.54, 1.807) is 13.2 Å². The number of hydrogen-bond donors (Lipinski definition) is 1. The summed E-state index contributed by atoms with van der Waals surface area (Å²) in [6, 6.07) is 4.05. The lowest BCUT2D eigenvalue weighted by atomic mass is 10.0. The zero-order valence-corrected chi connectivity index (χ0v) is 13.1. The van der Waals surface area contributed by atoms with Gasteiger partial charge in [0.2, 0.25) is 0 Å². The highest BCUT2D eigenvalue weighted by Gasteiger charge is 2.17. The van der Waals surface area contributed by atoms with Gasteiger partial charge in [0, 0.05) is 37.8 Å². The average molecular weight is 300 g/mol. The molecule has 0 aliphatic rings. The zero-order chi connectivity index (χ0) is 15.8. The first-order valence-corrected chi connectivity index (χ1v) is 7.43. The molecule has 21 heavy (non-hydrogen) atoms. The van der Waals surface area contributed by atoms with Crippen molar-refractivity contribution >= 4 is 0 Å². The predicted molar refractivity (Wildman–Crippen MR) is 81.1 cm³/mol. The van der Waals surface area contributed by atoms with E-state index in [4.69, 9.17) is 10.5 Å². The molecular formula is C16H26F2N2O. The number of nitrogens with zero attached hydrogens (tertiary/aromatic N) is 1. The van der Waals surface area contributed by atoms with Gasteiger partial charge in [-0.05, 0) is 25.8 Å². The highest BCUT2D eigenvalue weighted by Crippen LogP contribution is 2.20. The topological polar surface area (TPSA) is 38.5 Å². The summed E-state index contributed by atoms with van der Waals surface area (Å²) in [6.45, 7) is 6.45. The molecule has 0 aliphatic carbocycles. The van der Waals surface area contributed by atoms with Gasteiger partial charge in [0.1, 0.15) is 0 Å². The smallest absolute Gasteiger partial charge is 0.163 e. The molecule has 0 saturated heterocycles. The molecule has 1 aromatic carbocycles. The Morgan fingerprint density at radius 3 is 2.62 bits per heavy atom. The van der Waals surface area contributed by atoms with Gasteiger partial charge in [0.15, 0.2) is 11.6 Å². The maximum Gasteiger partial charge on any atom is 0.163 e. The van der Waals surface area contributed by atoms with E-state index >= 15 is 0 Å². The molecule has 2 N–H and O–H groups in total. The van der Waals surface area contributed by atoms with Crippen LogP contribution in [0.4, 0.5) is 8.78 Å². The Balaban J connectivity index is 2.63. The minimum atomic E-state index is -0.846. The molecule has 0 heterocycles. The van der Waals surface area contributed by atoms with Crippen LogP contribution >= 0.6 is 0 Å². The van der Waals surface area contributed by atoms with Gasteiger partial charge < -0.3 is 10.5 Å². The van der Waals surface area contributed by atoms with Crippen LogP contribution in [-0.2, 0) is 4.74 Å². The van der Waals surface area contributed by atoms with Crippen LogP contribution in [-0.4, -0.2) is 37.7 Å². The molecule has 2 atom stereocenters. The van der Waals surface area contributed by atoms with Crippen molar-refractivity contribution in [2.75, 3.05) is 26.8 Å². The van der Waals surface area contributed by atoms with Crippen LogP contribution in [0.2, 0.25) is 0 Å². The molecular weight excluding hydrogens is 274 g/mol. The lowest BCUT2D eigenvalue weighted by Crippen LogP contribution is -2.37. The molecule has 2 unspecified atom stereocenters. The molecule has 0 spiro atoms. The maximum atomic E-state index is 13.7. The van der Waals surface area contributed by atoms with Crippen molar-refractivity contribution in [3.05, 3.63) is 35.4 Å². The van der Waals surface area contributed by atoms with Gasteiger partial charge in [-0.1, -0.05) is 19.1 Å². The third-order valence-corrected chi connectivity index (χ3v) is 3.91. The largest absolute Gasteiger partial charge is 0.383 e. The Labute approximate surface area is 126 Å². The van der Waals surface area contributed by atoms with Crippen LogP contribution in [0.15, 0.2) is 18.2 Å². The number of ether oxygens (including phenoxy) is 1. The van der Waals surface area contributed by atoms with Crippen LogP contribution in [0.25, 0.3) is 0 Å². The first-order valence-electron chi connectivity index (χ1n) is 7.43. The number of rotatable bonds is 9. The minimum Gasteiger partial charge on any atom is -0.383 e. The van der Waals surface area contributed by atoms with Gasteiger partial charge in [0.05, 0.1) is 6.61 Å². The van der Waals surface area contributed by atoms with Crippen LogP contribution < -0.4 is 5.73 Å². The van der Waals surface area contributed by atoms with E-state index in [1.165, 1.54) is 6.07 Å². The monoisotopic (exact) mass is 300 g/mol. The molecule has 0 radical (unpaired) electrons. The summed E-state index contributed by atoms with van der Waals surface area (Å²) in [4.78, 5) is 2.26. The average Bonchev–Trinajstić information content (AvgIpc) is 2.49. The summed E-state index contributed by atoms with van der Waals surface area (Å²) < 4.78 is 32.1. The van der Waals surface area contributed by atoms with Crippen molar-refractivity contribution < 1.29 is 13.5 Å². The Morgan fingerprint density at radius 2 is 2.00 bits per heavy atom. The summed E-state index contributed by atoms with van der Waals surface area (Å²) >= 11 is 0. The van der Waals surface area contributed by atoms with Crippen LogP contribution in [0.3, 0.4) is 0 Å². The molecule has 0 saturated carbocycles. The molecule has 1 aromatic rings. The lowest BCUT2D eigenvalue weighted by Gasteiger charge is -2.29. The van der Waals surface area contributed by atoms with Gasteiger partial charge in [-0.15, -0.1) is 0 Å². The van der Waals surface area contributed by atoms with E-state index < -0.39 is 17.7 Å². The van der Waals surface area contributed by atoms with Crippen LogP contribution in [0.1, 0.15) is 38.3 Å². The summed E-state index contributed by atoms with van der Waals surface area (Å²) in [5.41, 5.74) is 6.26. The SMILES string of the molecule is CCC(C)N(CCOC)CCC(N)c1cccc(F)c1F. The summed E-state index contributed by atoms with van der Waals surface area (Å²) in [7, 11) is 1.67. The molecule has 120 valence electrons. The van der Waals surface area contributed by atoms with E-state index in [2.05, 4.69) is 18.7 Å². The Morgan fingerprint density at radius 1 is 1.29 bits per heavy atom. The molecule has 0 fully saturated rings. The van der Waals surface area contributed by atoms with E-state index in [-0.39, 0.29) is 5.56 Å². The van der Waals surface area contributed by atoms with Gasteiger partial charge in [-0.3, -0.25) is 4.90 Å². The third-order valence-electron chi connectivity index (χ3n) is 3.91. The summed E-state index contributed by atoms with van der Waals surface area (Å²) in [5, 5.41) is 0. The predicted octanol–water partition coefficient (Wildman–Crippen LogP) is 3.10. The number of hydrogen-bond acceptors (Lipinski definition) is 3. The van der Waals surface area contributed by atoms with Crippen LogP contribution in [0, 0.1) is 11.6 Å². The molecule has 5 heteroatoms. The fourth-order valence-electron chi connectivity index (χ4n) is 2.29. The first-order chi connectivity index (χ1) is 10.0. The van der Waals surface area contributed by atoms with Crippen molar-refractivity contribution in [2.45, 2.75) is 38.8 Å². The van der Waals surface area contributed by atoms with Crippen LogP contribution in [0.5, 0.6) is 0 Å². The summed E-state index contributed by atoms with van der Waals surface area (Å²) in [5.74, 6) is -1.68. The maximum absolute atomic E-state index is 13.7. The Kier molecular flexibility index (Phi) is 7.78. The number of methoxy groups -OCH3 is 1. The van der Waals surface area contributed by atoms with E-state index in [1.807, 2.05) is 0 Å². The second kappa shape index (κ2) is 9.07. The third kappa shape index (κ3) is 5.34. The lowest BCUT2D eigenvalue weighted by molar-refractivity contribution is 0.120. The highest BCUT2D eigenvalue weighted by atomic mass is 19.2. The number of benzene rings is 1. The van der Waals surface area contributed by atoms with Crippen molar-refractivity contribution in [3.63, 3.8) is 0 Å². The zero-order valence-electron chi connectivity index (χ0n) is 13.1. The molecule has 0 aliphatic heterocycles. The fraction of sp³-hybridized carbons (Fsp3) is 0.625. The molecule has 0 aromatic heterocycles. The molecule has 0 bridgehead atoms. The summed E-state index contributed by atoms with van der Waals surface area (Å²) in [6.07, 6.45) is 1.60. The highest BCUT2D eigenvalue weighted by molar-refractivity contribution is 5.22. The normalized spacial score (nSPS) is 14.4. The van der Waals surface area contributed by atoms with E-state index in [9.17, 15) is 8.78 Å². The standard InChI is InChI=1S/C16H26F2N2O/c1-4-12(2)20(10-11-21-3)9-8-15(19)13-6-5-7-14(17)16(13)18/h5-7,12,15H,4,8-11,19H2,1-3H3. The van der Waals surface area contributed by atoms with Gasteiger partial charge in [-0.2, -0.15) is 0 Å². The van der Waals surface area contributed by atoms with Crippen molar-refractivity contribution in [2.24, 2.45) is 5.73 Å². The fourth-order valence-corrected chi connectivity index (χ4v) is 2.29. The number of nitrogens with two attached hydrogens (primary N) is 1. The Hall–Kier alpha value is -1.04. The second-order valence-corrected chi connectivity index (χ2v) is 5.32. The first kappa shape index (κ1) is 18.0. The van der Waals surface area contributed by atoms with Crippen molar-refractivity contribution in [1.29, 1.82) is 0 Å².